The lowest BCUT2D eigenvalue weighted by molar-refractivity contribution is -0.123. The molecule has 1 atom stereocenters. The van der Waals surface area contributed by atoms with E-state index < -0.39 is 0 Å². The number of rotatable bonds is 4. The van der Waals surface area contributed by atoms with Gasteiger partial charge in [-0.1, -0.05) is 6.92 Å². The van der Waals surface area contributed by atoms with Crippen LogP contribution in [0.3, 0.4) is 0 Å². The van der Waals surface area contributed by atoms with Crippen LogP contribution in [0.5, 0.6) is 0 Å². The molecule has 0 radical (unpaired) electrons. The van der Waals surface area contributed by atoms with Crippen LogP contribution >= 0.6 is 0 Å². The minimum Gasteiger partial charge on any atom is -0.350 e. The number of amides is 1. The molecule has 0 spiro atoms. The first-order chi connectivity index (χ1) is 11.6. The minimum atomic E-state index is -0.174. The third-order valence-corrected chi connectivity index (χ3v) is 5.02. The number of anilines is 1. The van der Waals surface area contributed by atoms with E-state index in [-0.39, 0.29) is 17.5 Å². The Balaban J connectivity index is 1.51. The maximum absolute atomic E-state index is 12.3. The number of nitrogens with zero attached hydrogens (tertiary/aromatic N) is 3. The minimum absolute atomic E-state index is 0.0800. The fraction of sp³-hybridized carbons (Fsp3) is 0.706. The molecule has 132 valence electrons. The Morgan fingerprint density at radius 1 is 1.33 bits per heavy atom. The molecule has 1 aromatic rings. The molecule has 3 rings (SSSR count). The SMILES string of the molecule is CC1CCN(CC(=O)N[C@@H]2CCCN(c3ncc[nH]c3=O)C2)CC1. The fourth-order valence-corrected chi connectivity index (χ4v) is 3.55. The van der Waals surface area contributed by atoms with Crippen LogP contribution in [0.25, 0.3) is 0 Å². The predicted octanol–water partition coefficient (Wildman–Crippen LogP) is 0.587. The summed E-state index contributed by atoms with van der Waals surface area (Å²) in [5.74, 6) is 1.31. The highest BCUT2D eigenvalue weighted by Crippen LogP contribution is 2.16. The predicted molar refractivity (Wildman–Crippen MR) is 93.1 cm³/mol. The maximum atomic E-state index is 12.3. The number of hydrogen-bond donors (Lipinski definition) is 2. The molecule has 2 aliphatic heterocycles. The van der Waals surface area contributed by atoms with Crippen LogP contribution in [0.15, 0.2) is 17.2 Å². The van der Waals surface area contributed by atoms with Crippen molar-refractivity contribution < 1.29 is 4.79 Å². The number of nitrogens with one attached hydrogen (secondary N) is 2. The molecule has 2 fully saturated rings. The summed E-state index contributed by atoms with van der Waals surface area (Å²) < 4.78 is 0. The Hall–Kier alpha value is -1.89. The molecular formula is C17H27N5O2. The smallest absolute Gasteiger partial charge is 0.290 e. The monoisotopic (exact) mass is 333 g/mol. The molecule has 7 nitrogen and oxygen atoms in total. The second-order valence-corrected chi connectivity index (χ2v) is 7.05. The van der Waals surface area contributed by atoms with E-state index in [1.54, 1.807) is 6.20 Å². The van der Waals surface area contributed by atoms with Gasteiger partial charge in [0, 0.05) is 31.5 Å². The van der Waals surface area contributed by atoms with Crippen LogP contribution in [0.4, 0.5) is 5.82 Å². The van der Waals surface area contributed by atoms with E-state index >= 15 is 0 Å². The zero-order valence-corrected chi connectivity index (χ0v) is 14.3. The van der Waals surface area contributed by atoms with Gasteiger partial charge in [0.05, 0.1) is 6.54 Å². The number of hydrogen-bond acceptors (Lipinski definition) is 5. The van der Waals surface area contributed by atoms with Crippen molar-refractivity contribution in [2.45, 2.75) is 38.6 Å². The Morgan fingerprint density at radius 2 is 2.12 bits per heavy atom. The van der Waals surface area contributed by atoms with Crippen molar-refractivity contribution >= 4 is 11.7 Å². The number of aromatic nitrogens is 2. The van der Waals surface area contributed by atoms with Crippen LogP contribution in [0.2, 0.25) is 0 Å². The number of likely N-dealkylation sites (tertiary alicyclic amines) is 1. The summed E-state index contributed by atoms with van der Waals surface area (Å²) in [6.07, 6.45) is 7.37. The van der Waals surface area contributed by atoms with Gasteiger partial charge in [-0.05, 0) is 44.7 Å². The highest BCUT2D eigenvalue weighted by molar-refractivity contribution is 5.78. The average molecular weight is 333 g/mol. The number of carbonyl (C=O) groups excluding carboxylic acids is 1. The molecule has 3 heterocycles. The van der Waals surface area contributed by atoms with E-state index in [0.717, 1.165) is 38.4 Å². The van der Waals surface area contributed by atoms with Crippen molar-refractivity contribution in [3.05, 3.63) is 22.7 Å². The van der Waals surface area contributed by atoms with E-state index in [1.807, 2.05) is 4.90 Å². The molecule has 0 aromatic carbocycles. The molecular weight excluding hydrogens is 306 g/mol. The van der Waals surface area contributed by atoms with Crippen LogP contribution in [0.1, 0.15) is 32.6 Å². The summed E-state index contributed by atoms with van der Waals surface area (Å²) in [5, 5.41) is 3.13. The summed E-state index contributed by atoms with van der Waals surface area (Å²) in [7, 11) is 0. The zero-order valence-electron chi connectivity index (χ0n) is 14.3. The van der Waals surface area contributed by atoms with Crippen LogP contribution in [0, 0.1) is 5.92 Å². The Morgan fingerprint density at radius 3 is 2.88 bits per heavy atom. The van der Waals surface area contributed by atoms with Crippen molar-refractivity contribution in [2.75, 3.05) is 37.6 Å². The van der Waals surface area contributed by atoms with E-state index in [0.29, 0.717) is 18.9 Å². The van der Waals surface area contributed by atoms with E-state index in [4.69, 9.17) is 0 Å². The summed E-state index contributed by atoms with van der Waals surface area (Å²) in [5.41, 5.74) is -0.174. The van der Waals surface area contributed by atoms with Gasteiger partial charge in [0.15, 0.2) is 5.82 Å². The normalized spacial score (nSPS) is 23.2. The lowest BCUT2D eigenvalue weighted by Crippen LogP contribution is -2.51. The molecule has 0 aliphatic carbocycles. The molecule has 0 unspecified atom stereocenters. The van der Waals surface area contributed by atoms with Crippen LogP contribution in [-0.2, 0) is 4.79 Å². The third kappa shape index (κ3) is 4.35. The average Bonchev–Trinajstić information content (AvgIpc) is 2.57. The lowest BCUT2D eigenvalue weighted by Gasteiger charge is -2.34. The van der Waals surface area contributed by atoms with Gasteiger partial charge in [0.2, 0.25) is 5.91 Å². The number of piperidine rings is 2. The van der Waals surface area contributed by atoms with Crippen LogP contribution < -0.4 is 15.8 Å². The Labute approximate surface area is 142 Å². The first-order valence-electron chi connectivity index (χ1n) is 8.92. The van der Waals surface area contributed by atoms with Crippen molar-refractivity contribution in [3.8, 4) is 0 Å². The third-order valence-electron chi connectivity index (χ3n) is 5.02. The molecule has 2 N–H and O–H groups in total. The second-order valence-electron chi connectivity index (χ2n) is 7.05. The summed E-state index contributed by atoms with van der Waals surface area (Å²) in [6, 6.07) is 0.0800. The second kappa shape index (κ2) is 7.79. The van der Waals surface area contributed by atoms with Gasteiger partial charge in [-0.3, -0.25) is 14.5 Å². The highest BCUT2D eigenvalue weighted by Gasteiger charge is 2.25. The maximum Gasteiger partial charge on any atom is 0.290 e. The van der Waals surface area contributed by atoms with Crippen molar-refractivity contribution in [2.24, 2.45) is 5.92 Å². The molecule has 1 amide bonds. The standard InChI is InChI=1S/C17H27N5O2/c1-13-4-9-21(10-5-13)12-15(23)20-14-3-2-8-22(11-14)16-17(24)19-7-6-18-16/h6-7,13-14H,2-5,8-12H2,1H3,(H,19,24)(H,20,23)/t14-/m1/s1. The fourth-order valence-electron chi connectivity index (χ4n) is 3.55. The number of H-pyrrole nitrogens is 1. The zero-order chi connectivity index (χ0) is 16.9. The van der Waals surface area contributed by atoms with Gasteiger partial charge in [0.1, 0.15) is 0 Å². The molecule has 7 heteroatoms. The van der Waals surface area contributed by atoms with Crippen molar-refractivity contribution in [3.63, 3.8) is 0 Å². The topological polar surface area (TPSA) is 81.3 Å². The molecule has 1 aromatic heterocycles. The van der Waals surface area contributed by atoms with Gasteiger partial charge < -0.3 is 15.2 Å². The van der Waals surface area contributed by atoms with E-state index in [1.165, 1.54) is 19.0 Å². The molecule has 24 heavy (non-hydrogen) atoms. The number of carbonyl (C=O) groups is 1. The van der Waals surface area contributed by atoms with Gasteiger partial charge in [0.25, 0.3) is 5.56 Å². The number of aromatic amines is 1. The molecule has 0 bridgehead atoms. The summed E-state index contributed by atoms with van der Waals surface area (Å²) >= 11 is 0. The Kier molecular flexibility index (Phi) is 5.50. The summed E-state index contributed by atoms with van der Waals surface area (Å²) in [4.78, 5) is 35.2. The van der Waals surface area contributed by atoms with E-state index in [2.05, 4.69) is 27.1 Å². The quantitative estimate of drug-likeness (QED) is 0.843. The Bertz CT molecular complexity index is 609. The molecule has 2 saturated heterocycles. The molecule has 0 saturated carbocycles. The largest absolute Gasteiger partial charge is 0.350 e. The van der Waals surface area contributed by atoms with Gasteiger partial charge in [-0.25, -0.2) is 4.98 Å². The van der Waals surface area contributed by atoms with Gasteiger partial charge in [-0.2, -0.15) is 0 Å². The van der Waals surface area contributed by atoms with Gasteiger partial charge >= 0.3 is 0 Å². The highest BCUT2D eigenvalue weighted by atomic mass is 16.2. The summed E-state index contributed by atoms with van der Waals surface area (Å²) in [6.45, 7) is 6.21. The first kappa shape index (κ1) is 17.0. The van der Waals surface area contributed by atoms with E-state index in [9.17, 15) is 9.59 Å². The van der Waals surface area contributed by atoms with Crippen LogP contribution in [-0.4, -0.2) is 59.5 Å². The van der Waals surface area contributed by atoms with Crippen molar-refractivity contribution in [1.82, 2.24) is 20.2 Å². The van der Waals surface area contributed by atoms with Gasteiger partial charge in [-0.15, -0.1) is 0 Å². The molecule has 2 aliphatic rings. The first-order valence-corrected chi connectivity index (χ1v) is 8.92. The lowest BCUT2D eigenvalue weighted by atomic mass is 9.99. The van der Waals surface area contributed by atoms with Crippen molar-refractivity contribution in [1.29, 1.82) is 0 Å².